The molecule has 15 aromatic rings. The molecule has 0 fully saturated rings. The van der Waals surface area contributed by atoms with Crippen LogP contribution in [0, 0.1) is 49.6 Å². The first kappa shape index (κ1) is 63.5. The number of ketones is 3. The molecule has 0 N–H and O–H groups in total. The average Bonchev–Trinajstić information content (AvgIpc) is 1.61. The maximum absolute atomic E-state index is 14.9. The topological polar surface area (TPSA) is 283 Å². The fourth-order valence-electron chi connectivity index (χ4n) is 11.1. The lowest BCUT2D eigenvalue weighted by molar-refractivity contribution is 0.0975. The zero-order valence-corrected chi connectivity index (χ0v) is 53.2. The second kappa shape index (κ2) is 27.0. The minimum Gasteiger partial charge on any atom is -0.292 e. The van der Waals surface area contributed by atoms with Crippen LogP contribution >= 0.6 is 0 Å². The first-order valence-electron chi connectivity index (χ1n) is 30.4. The number of hydrogen-bond acceptors (Lipinski definition) is 18. The summed E-state index contributed by atoms with van der Waals surface area (Å²) in [6, 6.07) is 40.0. The van der Waals surface area contributed by atoms with Crippen LogP contribution in [0.5, 0.6) is 0 Å². The Bertz CT molecular complexity index is 5580. The van der Waals surface area contributed by atoms with E-state index >= 15 is 0 Å². The molecule has 0 bridgehead atoms. The van der Waals surface area contributed by atoms with Gasteiger partial charge in [-0.25, -0.2) is 51.6 Å². The molecule has 0 amide bonds. The predicted molar refractivity (Wildman–Crippen MR) is 353 cm³/mol. The van der Waals surface area contributed by atoms with Gasteiger partial charge in [-0.15, -0.1) is 15.3 Å². The van der Waals surface area contributed by atoms with Crippen molar-refractivity contribution in [2.24, 2.45) is 21.1 Å². The molecule has 0 unspecified atom stereocenters. The summed E-state index contributed by atoms with van der Waals surface area (Å²) >= 11 is 0. The standard InChI is InChI=1S/C24H20FN7O.C24H16FN7O.C23H18FN7O/c1-14-11-26-15(2)28-22(14)18-12-27-31(3)23(18)20(33)9-17-10-21-29-24(16-7-5-4-6-8-16)30-32(21)13-19(17)25;1-31-23(18(13-28-31)20-8-7-15(11-26)12-27-20)21(33)9-17-10-22-29-24(16-5-3-2-4-6-16)30-32(22)14-19(17)25;1-14-8-9-25-28-21(14)17-12-26-30(2)22(17)19(32)10-16-11-20-27-23(15-6-4-3-5-7-15)29-31(20)13-18(16)24/h4-8,10-13H,9H2,1-3H3;2-8,10,12-14H,9H2,1H3;3-9,11-13H,10H2,1-2H3. The molecular formula is C71H54F3N21O3. The van der Waals surface area contributed by atoms with Gasteiger partial charge in [-0.1, -0.05) is 91.0 Å². The first-order chi connectivity index (χ1) is 47.4. The molecule has 0 spiro atoms. The Labute approximate surface area is 555 Å². The molecule has 24 nitrogen and oxygen atoms in total. The molecule has 0 saturated heterocycles. The summed E-state index contributed by atoms with van der Waals surface area (Å²) in [6.45, 7) is 5.54. The maximum Gasteiger partial charge on any atom is 0.186 e. The van der Waals surface area contributed by atoms with E-state index in [-0.39, 0.29) is 53.3 Å². The minimum atomic E-state index is -0.555. The van der Waals surface area contributed by atoms with E-state index in [2.05, 4.69) is 70.7 Å². The van der Waals surface area contributed by atoms with Crippen LogP contribution in [0.15, 0.2) is 183 Å². The molecule has 0 aliphatic heterocycles. The van der Waals surface area contributed by atoms with Gasteiger partial charge in [0.15, 0.2) is 51.8 Å². The number of rotatable bonds is 15. The van der Waals surface area contributed by atoms with Gasteiger partial charge in [0.05, 0.1) is 65.4 Å². The monoisotopic (exact) mass is 1310 g/mol. The molecule has 0 aliphatic carbocycles. The van der Waals surface area contributed by atoms with Gasteiger partial charge in [-0.05, 0) is 68.3 Å². The highest BCUT2D eigenvalue weighted by atomic mass is 19.1. The number of nitrogens with zero attached hydrogens (tertiary/aromatic N) is 21. The minimum absolute atomic E-state index is 0.147. The number of carbonyl (C=O) groups excluding carboxylic acids is 3. The quantitative estimate of drug-likeness (QED) is 0.0862. The van der Waals surface area contributed by atoms with Crippen molar-refractivity contribution in [1.29, 1.82) is 5.26 Å². The number of Topliss-reactive ketones (excluding diaryl/α,β-unsaturated/α-hetero) is 3. The molecule has 27 heteroatoms. The summed E-state index contributed by atoms with van der Waals surface area (Å²) < 4.78 is 53.1. The van der Waals surface area contributed by atoms with Crippen molar-refractivity contribution < 1.29 is 27.6 Å². The van der Waals surface area contributed by atoms with Crippen LogP contribution in [-0.4, -0.2) is 116 Å². The van der Waals surface area contributed by atoms with Crippen LogP contribution in [0.25, 0.3) is 84.9 Å². The van der Waals surface area contributed by atoms with E-state index in [9.17, 15) is 27.6 Å². The summed E-state index contributed by atoms with van der Waals surface area (Å²) in [5.41, 5.74) is 11.0. The van der Waals surface area contributed by atoms with Crippen molar-refractivity contribution in [1.82, 2.24) is 98.3 Å². The van der Waals surface area contributed by atoms with Crippen molar-refractivity contribution in [2.45, 2.75) is 40.0 Å². The summed E-state index contributed by atoms with van der Waals surface area (Å²) in [4.78, 5) is 66.0. The summed E-state index contributed by atoms with van der Waals surface area (Å²) in [7, 11) is 5.00. The van der Waals surface area contributed by atoms with E-state index in [1.165, 1.54) is 64.6 Å². The largest absolute Gasteiger partial charge is 0.292 e. The third kappa shape index (κ3) is 13.1. The van der Waals surface area contributed by atoms with Crippen molar-refractivity contribution >= 4 is 34.3 Å². The highest BCUT2D eigenvalue weighted by Crippen LogP contribution is 2.30. The number of hydrogen-bond donors (Lipinski definition) is 0. The van der Waals surface area contributed by atoms with Crippen LogP contribution in [0.1, 0.15) is 70.7 Å². The van der Waals surface area contributed by atoms with Gasteiger partial charge in [0.1, 0.15) is 46.4 Å². The fourth-order valence-corrected chi connectivity index (χ4v) is 11.1. The van der Waals surface area contributed by atoms with E-state index in [0.29, 0.717) is 96.7 Å². The number of aryl methyl sites for hydroxylation is 6. The Balaban J connectivity index is 0.000000132. The van der Waals surface area contributed by atoms with Gasteiger partial charge < -0.3 is 0 Å². The van der Waals surface area contributed by atoms with Gasteiger partial charge in [0, 0.05) is 104 Å². The van der Waals surface area contributed by atoms with Crippen molar-refractivity contribution in [3.63, 3.8) is 0 Å². The highest BCUT2D eigenvalue weighted by molar-refractivity contribution is 6.03. The van der Waals surface area contributed by atoms with Gasteiger partial charge in [0.25, 0.3) is 0 Å². The Kier molecular flexibility index (Phi) is 17.5. The second-order valence-corrected chi connectivity index (χ2v) is 22.7. The lowest BCUT2D eigenvalue weighted by Gasteiger charge is -2.09. The molecule has 98 heavy (non-hydrogen) atoms. The summed E-state index contributed by atoms with van der Waals surface area (Å²) in [5.74, 6) is -0.448. The van der Waals surface area contributed by atoms with Crippen molar-refractivity contribution in [3.05, 3.63) is 257 Å². The van der Waals surface area contributed by atoms with Crippen LogP contribution in [-0.2, 0) is 40.4 Å². The SMILES string of the molecule is Cc1ccnnc1-c1cnn(C)c1C(=O)Cc1cc2nc(-c3ccccc3)nn2cc1F.Cc1ncc(C)c(-c2cnn(C)c2C(=O)Cc2cc3nc(-c4ccccc4)nn3cc2F)n1.Cn1ncc(-c2ccc(C#N)cn2)c1C(=O)Cc1cc2nc(-c3ccccc3)nn2cc1F. The smallest absolute Gasteiger partial charge is 0.186 e. The van der Waals surface area contributed by atoms with Gasteiger partial charge in [0.2, 0.25) is 0 Å². The van der Waals surface area contributed by atoms with Crippen LogP contribution in [0.2, 0.25) is 0 Å². The van der Waals surface area contributed by atoms with E-state index in [1.807, 2.05) is 117 Å². The Morgan fingerprint density at radius 3 is 1.27 bits per heavy atom. The van der Waals surface area contributed by atoms with E-state index < -0.39 is 17.5 Å². The predicted octanol–water partition coefficient (Wildman–Crippen LogP) is 10.9. The van der Waals surface area contributed by atoms with E-state index in [1.54, 1.807) is 77.1 Å². The van der Waals surface area contributed by atoms with E-state index in [4.69, 9.17) is 5.26 Å². The normalized spacial score (nSPS) is 11.1. The van der Waals surface area contributed by atoms with Gasteiger partial charge >= 0.3 is 0 Å². The lowest BCUT2D eigenvalue weighted by atomic mass is 10.0. The van der Waals surface area contributed by atoms with Gasteiger partial charge in [-0.2, -0.15) is 30.8 Å². The Morgan fingerprint density at radius 2 is 0.867 bits per heavy atom. The molecule has 0 saturated carbocycles. The third-order valence-corrected chi connectivity index (χ3v) is 16.0. The molecule has 15 rings (SSSR count). The molecule has 482 valence electrons. The number of carbonyl (C=O) groups is 3. The number of benzene rings is 3. The molecule has 12 aromatic heterocycles. The zero-order chi connectivity index (χ0) is 68.3. The molecule has 0 atom stereocenters. The van der Waals surface area contributed by atoms with Crippen molar-refractivity contribution in [3.8, 4) is 74.0 Å². The zero-order valence-electron chi connectivity index (χ0n) is 53.2. The third-order valence-electron chi connectivity index (χ3n) is 16.0. The van der Waals surface area contributed by atoms with Crippen molar-refractivity contribution in [2.75, 3.05) is 0 Å². The number of halogens is 3. The molecular weight excluding hydrogens is 1250 g/mol. The Hall–Kier alpha value is -13.3. The number of pyridine rings is 4. The maximum atomic E-state index is 14.9. The fraction of sp³-hybridized carbons (Fsp3) is 0.127. The number of nitriles is 1. The average molecular weight is 1310 g/mol. The number of fused-ring (bicyclic) bond motifs is 3. The lowest BCUT2D eigenvalue weighted by Crippen LogP contribution is -2.13. The Morgan fingerprint density at radius 1 is 0.459 bits per heavy atom. The van der Waals surface area contributed by atoms with Crippen LogP contribution < -0.4 is 0 Å². The van der Waals surface area contributed by atoms with E-state index in [0.717, 1.165) is 27.8 Å². The number of aromatic nitrogens is 20. The highest BCUT2D eigenvalue weighted by Gasteiger charge is 2.26. The second-order valence-electron chi connectivity index (χ2n) is 22.7. The summed E-state index contributed by atoms with van der Waals surface area (Å²) in [6.07, 6.45) is 12.7. The van der Waals surface area contributed by atoms with Crippen LogP contribution in [0.3, 0.4) is 0 Å². The van der Waals surface area contributed by atoms with Gasteiger partial charge in [-0.3, -0.25) is 33.4 Å². The molecule has 0 aliphatic rings. The molecule has 3 aromatic carbocycles. The van der Waals surface area contributed by atoms with Crippen LogP contribution in [0.4, 0.5) is 13.2 Å². The molecule has 12 heterocycles. The molecule has 0 radical (unpaired) electrons. The first-order valence-corrected chi connectivity index (χ1v) is 30.4. The summed E-state index contributed by atoms with van der Waals surface area (Å²) in [5, 5.41) is 42.7.